The van der Waals surface area contributed by atoms with Crippen molar-refractivity contribution in [1.29, 1.82) is 0 Å². The van der Waals surface area contributed by atoms with Crippen molar-refractivity contribution in [2.45, 2.75) is 5.97 Å². The first-order valence-corrected chi connectivity index (χ1v) is 6.32. The van der Waals surface area contributed by atoms with Gasteiger partial charge in [-0.25, -0.2) is 0 Å². The standard InChI is InChI=1S/C11H18O4Si/c1-12-9-11(13-2,14-3)15-16-10-7-5-4-6-8-10/h4-8H,9,16H2,1-3H3. The second-order valence-electron chi connectivity index (χ2n) is 3.30. The molecule has 1 rings (SSSR count). The van der Waals surface area contributed by atoms with E-state index >= 15 is 0 Å². The number of rotatable bonds is 7. The van der Waals surface area contributed by atoms with E-state index in [0.29, 0.717) is 0 Å². The predicted octanol–water partition coefficient (Wildman–Crippen LogP) is 0.00530. The summed E-state index contributed by atoms with van der Waals surface area (Å²) in [5.74, 6) is -1.07. The maximum Gasteiger partial charge on any atom is 0.297 e. The molecule has 0 aliphatic rings. The van der Waals surface area contributed by atoms with Crippen LogP contribution in [0.25, 0.3) is 0 Å². The highest BCUT2D eigenvalue weighted by Gasteiger charge is 2.30. The Balaban J connectivity index is 2.56. The fourth-order valence-corrected chi connectivity index (χ4v) is 2.48. The van der Waals surface area contributed by atoms with Gasteiger partial charge in [0.05, 0.1) is 0 Å². The fourth-order valence-electron chi connectivity index (χ4n) is 1.31. The zero-order valence-corrected chi connectivity index (χ0v) is 11.3. The lowest BCUT2D eigenvalue weighted by atomic mass is 10.4. The Bertz CT molecular complexity index is 287. The van der Waals surface area contributed by atoms with E-state index in [1.807, 2.05) is 30.3 Å². The van der Waals surface area contributed by atoms with E-state index in [1.54, 1.807) is 21.3 Å². The molecule has 4 nitrogen and oxygen atoms in total. The van der Waals surface area contributed by atoms with Crippen LogP contribution >= 0.6 is 0 Å². The Hall–Kier alpha value is -0.723. The minimum absolute atomic E-state index is 0.250. The molecule has 16 heavy (non-hydrogen) atoms. The van der Waals surface area contributed by atoms with Gasteiger partial charge in [0.25, 0.3) is 5.97 Å². The normalized spacial score (nSPS) is 12.4. The number of ether oxygens (including phenoxy) is 3. The highest BCUT2D eigenvalue weighted by molar-refractivity contribution is 6.46. The van der Waals surface area contributed by atoms with Gasteiger partial charge in [-0.05, 0) is 5.19 Å². The topological polar surface area (TPSA) is 36.9 Å². The molecule has 0 radical (unpaired) electrons. The molecule has 1 aromatic carbocycles. The summed E-state index contributed by atoms with van der Waals surface area (Å²) in [5, 5.41) is 1.19. The Labute approximate surface area is 98.4 Å². The quantitative estimate of drug-likeness (QED) is 0.498. The number of hydrogen-bond donors (Lipinski definition) is 0. The molecule has 0 unspecified atom stereocenters. The highest BCUT2D eigenvalue weighted by atomic mass is 28.2. The average Bonchev–Trinajstić information content (AvgIpc) is 2.36. The molecule has 0 N–H and O–H groups in total. The highest BCUT2D eigenvalue weighted by Crippen LogP contribution is 2.12. The van der Waals surface area contributed by atoms with Gasteiger partial charge in [-0.15, -0.1) is 0 Å². The molecule has 0 saturated heterocycles. The summed E-state index contributed by atoms with van der Waals surface area (Å²) in [6.07, 6.45) is 0. The summed E-state index contributed by atoms with van der Waals surface area (Å²) < 4.78 is 21.2. The van der Waals surface area contributed by atoms with Gasteiger partial charge in [-0.2, -0.15) is 0 Å². The molecular formula is C11H18O4Si. The number of methoxy groups -OCH3 is 3. The van der Waals surface area contributed by atoms with Gasteiger partial charge in [-0.1, -0.05) is 30.3 Å². The third-order valence-corrected chi connectivity index (χ3v) is 3.63. The van der Waals surface area contributed by atoms with Gasteiger partial charge in [0.2, 0.25) is 0 Å². The van der Waals surface area contributed by atoms with Crippen molar-refractivity contribution in [3.63, 3.8) is 0 Å². The summed E-state index contributed by atoms with van der Waals surface area (Å²) in [5.41, 5.74) is 0. The van der Waals surface area contributed by atoms with Gasteiger partial charge in [0.1, 0.15) is 6.61 Å². The van der Waals surface area contributed by atoms with E-state index in [9.17, 15) is 0 Å². The molecule has 0 aliphatic heterocycles. The molecule has 90 valence electrons. The monoisotopic (exact) mass is 242 g/mol. The van der Waals surface area contributed by atoms with Crippen LogP contribution in [0.2, 0.25) is 0 Å². The molecule has 0 fully saturated rings. The molecule has 0 atom stereocenters. The van der Waals surface area contributed by atoms with Crippen LogP contribution < -0.4 is 5.19 Å². The van der Waals surface area contributed by atoms with Crippen molar-refractivity contribution in [3.8, 4) is 0 Å². The van der Waals surface area contributed by atoms with Crippen LogP contribution in [-0.4, -0.2) is 43.7 Å². The third-order valence-electron chi connectivity index (χ3n) is 2.24. The van der Waals surface area contributed by atoms with Gasteiger partial charge in [0, 0.05) is 21.3 Å². The van der Waals surface area contributed by atoms with Crippen LogP contribution in [0, 0.1) is 0 Å². The first-order chi connectivity index (χ1) is 7.76. The molecule has 0 aliphatic carbocycles. The minimum Gasteiger partial charge on any atom is -0.376 e. The van der Waals surface area contributed by atoms with Crippen LogP contribution in [0.4, 0.5) is 0 Å². The number of hydrogen-bond acceptors (Lipinski definition) is 4. The molecule has 0 amide bonds. The van der Waals surface area contributed by atoms with Crippen molar-refractivity contribution >= 4 is 14.9 Å². The van der Waals surface area contributed by atoms with Gasteiger partial charge in [-0.3, -0.25) is 0 Å². The number of benzene rings is 1. The van der Waals surface area contributed by atoms with E-state index in [-0.39, 0.29) is 6.61 Å². The van der Waals surface area contributed by atoms with E-state index in [0.717, 1.165) is 0 Å². The molecule has 0 aromatic heterocycles. The summed E-state index contributed by atoms with van der Waals surface area (Å²) in [6.45, 7) is 0.250. The summed E-state index contributed by atoms with van der Waals surface area (Å²) >= 11 is 0. The first kappa shape index (κ1) is 13.3. The van der Waals surface area contributed by atoms with Crippen LogP contribution in [0.15, 0.2) is 30.3 Å². The summed E-state index contributed by atoms with van der Waals surface area (Å²) in [4.78, 5) is 0. The predicted molar refractivity (Wildman–Crippen MR) is 64.3 cm³/mol. The molecule has 1 aromatic rings. The van der Waals surface area contributed by atoms with Gasteiger partial charge in [0.15, 0.2) is 9.76 Å². The molecule has 0 spiro atoms. The van der Waals surface area contributed by atoms with Crippen LogP contribution in [-0.2, 0) is 18.6 Å². The maximum absolute atomic E-state index is 5.72. The molecule has 0 heterocycles. The van der Waals surface area contributed by atoms with Crippen molar-refractivity contribution in [1.82, 2.24) is 0 Å². The third kappa shape index (κ3) is 3.69. The van der Waals surface area contributed by atoms with Crippen molar-refractivity contribution in [2.75, 3.05) is 27.9 Å². The lowest BCUT2D eigenvalue weighted by Gasteiger charge is -2.29. The summed E-state index contributed by atoms with van der Waals surface area (Å²) in [6, 6.07) is 10.0. The van der Waals surface area contributed by atoms with Crippen molar-refractivity contribution in [3.05, 3.63) is 30.3 Å². The SMILES string of the molecule is COCC(OC)(OC)O[SiH2]c1ccccc1. The van der Waals surface area contributed by atoms with E-state index in [2.05, 4.69) is 0 Å². The second kappa shape index (κ2) is 6.77. The van der Waals surface area contributed by atoms with E-state index in [1.165, 1.54) is 5.19 Å². The Morgan fingerprint density at radius 2 is 1.69 bits per heavy atom. The van der Waals surface area contributed by atoms with Crippen LogP contribution in [0.3, 0.4) is 0 Å². The molecule has 0 saturated carbocycles. The molecular weight excluding hydrogens is 224 g/mol. The van der Waals surface area contributed by atoms with E-state index < -0.39 is 15.7 Å². The van der Waals surface area contributed by atoms with Crippen LogP contribution in [0.5, 0.6) is 0 Å². The average molecular weight is 242 g/mol. The maximum atomic E-state index is 5.72. The lowest BCUT2D eigenvalue weighted by Crippen LogP contribution is -2.44. The first-order valence-electron chi connectivity index (χ1n) is 5.03. The smallest absolute Gasteiger partial charge is 0.297 e. The zero-order chi connectivity index (χ0) is 11.9. The largest absolute Gasteiger partial charge is 0.376 e. The Morgan fingerprint density at radius 3 is 2.19 bits per heavy atom. The van der Waals surface area contributed by atoms with Crippen LogP contribution in [0.1, 0.15) is 0 Å². The molecule has 0 bridgehead atoms. The van der Waals surface area contributed by atoms with Crippen molar-refractivity contribution in [2.24, 2.45) is 0 Å². The Kier molecular flexibility index (Phi) is 5.65. The van der Waals surface area contributed by atoms with Crippen molar-refractivity contribution < 1.29 is 18.6 Å². The molecule has 5 heteroatoms. The van der Waals surface area contributed by atoms with Gasteiger partial charge >= 0.3 is 0 Å². The minimum atomic E-state index is -1.07. The Morgan fingerprint density at radius 1 is 1.06 bits per heavy atom. The zero-order valence-electron chi connectivity index (χ0n) is 9.93. The fraction of sp³-hybridized carbons (Fsp3) is 0.455. The van der Waals surface area contributed by atoms with Gasteiger partial charge < -0.3 is 18.6 Å². The second-order valence-corrected chi connectivity index (χ2v) is 4.69. The lowest BCUT2D eigenvalue weighted by molar-refractivity contribution is -0.339. The van der Waals surface area contributed by atoms with E-state index in [4.69, 9.17) is 18.6 Å². The summed E-state index contributed by atoms with van der Waals surface area (Å²) in [7, 11) is 3.78.